The highest BCUT2D eigenvalue weighted by molar-refractivity contribution is 5.04. The van der Waals surface area contributed by atoms with Gasteiger partial charge in [0.25, 0.3) is 0 Å². The lowest BCUT2D eigenvalue weighted by molar-refractivity contribution is 0.0494. The monoisotopic (exact) mass is 209 g/mol. The van der Waals surface area contributed by atoms with Crippen LogP contribution in [0.15, 0.2) is 0 Å². The van der Waals surface area contributed by atoms with Crippen LogP contribution < -0.4 is 0 Å². The maximum Gasteiger partial charge on any atom is 0.0104 e. The molecule has 3 unspecified atom stereocenters. The van der Waals surface area contributed by atoms with Crippen LogP contribution in [-0.4, -0.2) is 23.5 Å². The summed E-state index contributed by atoms with van der Waals surface area (Å²) in [5.41, 5.74) is 0.726. The van der Waals surface area contributed by atoms with Crippen molar-refractivity contribution >= 4 is 0 Å². The molecule has 1 nitrogen and oxygen atoms in total. The molecule has 3 atom stereocenters. The lowest BCUT2D eigenvalue weighted by Gasteiger charge is -2.45. The smallest absolute Gasteiger partial charge is 0.0104 e. The quantitative estimate of drug-likeness (QED) is 0.685. The number of rotatable bonds is 3. The third-order valence-corrected chi connectivity index (χ3v) is 5.01. The van der Waals surface area contributed by atoms with Crippen LogP contribution in [0.5, 0.6) is 0 Å². The lowest BCUT2D eigenvalue weighted by Crippen LogP contribution is -2.42. The zero-order valence-electron chi connectivity index (χ0n) is 10.9. The van der Waals surface area contributed by atoms with E-state index >= 15 is 0 Å². The van der Waals surface area contributed by atoms with Crippen molar-refractivity contribution in [3.05, 3.63) is 0 Å². The summed E-state index contributed by atoms with van der Waals surface area (Å²) in [5, 5.41) is 0. The first kappa shape index (κ1) is 11.4. The summed E-state index contributed by atoms with van der Waals surface area (Å²) in [6.45, 7) is 10.9. The van der Waals surface area contributed by atoms with Crippen molar-refractivity contribution in [2.75, 3.05) is 6.54 Å². The van der Waals surface area contributed by atoms with Gasteiger partial charge in [-0.3, -0.25) is 4.90 Å². The van der Waals surface area contributed by atoms with E-state index in [1.54, 1.807) is 0 Å². The summed E-state index contributed by atoms with van der Waals surface area (Å²) >= 11 is 0. The van der Waals surface area contributed by atoms with Crippen molar-refractivity contribution in [1.29, 1.82) is 0 Å². The highest BCUT2D eigenvalue weighted by Crippen LogP contribution is 2.55. The SMILES string of the molecule is CCCC1CC2(CCC2C)CN1C(C)C. The van der Waals surface area contributed by atoms with Crippen LogP contribution in [0.2, 0.25) is 0 Å². The van der Waals surface area contributed by atoms with Crippen LogP contribution in [-0.2, 0) is 0 Å². The summed E-state index contributed by atoms with van der Waals surface area (Å²) in [4.78, 5) is 2.78. The second-order valence-electron chi connectivity index (χ2n) is 6.21. The predicted octanol–water partition coefficient (Wildman–Crippen LogP) is 3.69. The van der Waals surface area contributed by atoms with Crippen LogP contribution in [0.3, 0.4) is 0 Å². The van der Waals surface area contributed by atoms with Gasteiger partial charge >= 0.3 is 0 Å². The summed E-state index contributed by atoms with van der Waals surface area (Å²) < 4.78 is 0. The van der Waals surface area contributed by atoms with Crippen molar-refractivity contribution in [2.24, 2.45) is 11.3 Å². The van der Waals surface area contributed by atoms with Gasteiger partial charge in [0.15, 0.2) is 0 Å². The molecule has 2 fully saturated rings. The maximum absolute atomic E-state index is 2.78. The Labute approximate surface area is 95.2 Å². The molecular formula is C14H27N. The van der Waals surface area contributed by atoms with Crippen molar-refractivity contribution < 1.29 is 0 Å². The largest absolute Gasteiger partial charge is 0.297 e. The molecule has 0 aromatic rings. The number of nitrogens with zero attached hydrogens (tertiary/aromatic N) is 1. The van der Waals surface area contributed by atoms with Gasteiger partial charge in [-0.15, -0.1) is 0 Å². The van der Waals surface area contributed by atoms with E-state index in [0.29, 0.717) is 0 Å². The van der Waals surface area contributed by atoms with E-state index in [-0.39, 0.29) is 0 Å². The van der Waals surface area contributed by atoms with Crippen LogP contribution in [0.4, 0.5) is 0 Å². The topological polar surface area (TPSA) is 3.24 Å². The van der Waals surface area contributed by atoms with Crippen molar-refractivity contribution in [2.45, 2.75) is 71.9 Å². The van der Waals surface area contributed by atoms with Crippen LogP contribution in [0, 0.1) is 11.3 Å². The molecule has 15 heavy (non-hydrogen) atoms. The number of hydrogen-bond acceptors (Lipinski definition) is 1. The molecular weight excluding hydrogens is 182 g/mol. The number of hydrogen-bond donors (Lipinski definition) is 0. The van der Waals surface area contributed by atoms with Crippen molar-refractivity contribution in [3.63, 3.8) is 0 Å². The Bertz CT molecular complexity index is 223. The molecule has 1 aliphatic carbocycles. The van der Waals surface area contributed by atoms with Gasteiger partial charge in [0.1, 0.15) is 0 Å². The molecule has 1 aliphatic heterocycles. The zero-order chi connectivity index (χ0) is 11.1. The Morgan fingerprint density at radius 2 is 2.13 bits per heavy atom. The van der Waals surface area contributed by atoms with Crippen molar-refractivity contribution in [1.82, 2.24) is 4.90 Å². The second-order valence-corrected chi connectivity index (χ2v) is 6.21. The van der Waals surface area contributed by atoms with Gasteiger partial charge in [-0.1, -0.05) is 20.3 Å². The molecule has 1 heteroatoms. The minimum atomic E-state index is 0.726. The average molecular weight is 209 g/mol. The molecule has 1 heterocycles. The van der Waals surface area contributed by atoms with Crippen LogP contribution in [0.1, 0.15) is 59.8 Å². The Kier molecular flexibility index (Phi) is 3.12. The highest BCUT2D eigenvalue weighted by atomic mass is 15.2. The summed E-state index contributed by atoms with van der Waals surface area (Å²) in [5.74, 6) is 0.987. The van der Waals surface area contributed by atoms with E-state index in [1.165, 1.54) is 38.6 Å². The molecule has 88 valence electrons. The molecule has 2 aliphatic rings. The molecule has 0 bridgehead atoms. The molecule has 1 saturated heterocycles. The minimum absolute atomic E-state index is 0.726. The molecule has 2 rings (SSSR count). The van der Waals surface area contributed by atoms with E-state index in [0.717, 1.165) is 23.4 Å². The fourth-order valence-corrected chi connectivity index (χ4v) is 3.73. The van der Waals surface area contributed by atoms with Gasteiger partial charge in [-0.2, -0.15) is 0 Å². The van der Waals surface area contributed by atoms with E-state index < -0.39 is 0 Å². The number of likely N-dealkylation sites (tertiary alicyclic amines) is 1. The first-order valence-corrected chi connectivity index (χ1v) is 6.85. The van der Waals surface area contributed by atoms with Gasteiger partial charge in [0.05, 0.1) is 0 Å². The summed E-state index contributed by atoms with van der Waals surface area (Å²) in [6.07, 6.45) is 7.22. The van der Waals surface area contributed by atoms with E-state index in [9.17, 15) is 0 Å². The summed E-state index contributed by atoms with van der Waals surface area (Å²) in [6, 6.07) is 1.63. The first-order valence-electron chi connectivity index (χ1n) is 6.85. The van der Waals surface area contributed by atoms with Crippen LogP contribution >= 0.6 is 0 Å². The van der Waals surface area contributed by atoms with Gasteiger partial charge in [0.2, 0.25) is 0 Å². The van der Waals surface area contributed by atoms with E-state index in [4.69, 9.17) is 0 Å². The molecule has 0 amide bonds. The minimum Gasteiger partial charge on any atom is -0.297 e. The maximum atomic E-state index is 2.78. The third-order valence-electron chi connectivity index (χ3n) is 5.01. The van der Waals surface area contributed by atoms with E-state index in [2.05, 4.69) is 32.6 Å². The highest BCUT2D eigenvalue weighted by Gasteiger charge is 2.51. The van der Waals surface area contributed by atoms with Gasteiger partial charge < -0.3 is 0 Å². The first-order chi connectivity index (χ1) is 7.09. The van der Waals surface area contributed by atoms with Crippen molar-refractivity contribution in [3.8, 4) is 0 Å². The predicted molar refractivity (Wildman–Crippen MR) is 66.0 cm³/mol. The summed E-state index contributed by atoms with van der Waals surface area (Å²) in [7, 11) is 0. The van der Waals surface area contributed by atoms with E-state index in [1.807, 2.05) is 0 Å². The van der Waals surface area contributed by atoms with Crippen LogP contribution in [0.25, 0.3) is 0 Å². The third kappa shape index (κ3) is 1.84. The van der Waals surface area contributed by atoms with Gasteiger partial charge in [-0.05, 0) is 50.9 Å². The van der Waals surface area contributed by atoms with Gasteiger partial charge in [0, 0.05) is 18.6 Å². The Morgan fingerprint density at radius 1 is 1.40 bits per heavy atom. The molecule has 0 radical (unpaired) electrons. The fourth-order valence-electron chi connectivity index (χ4n) is 3.73. The Morgan fingerprint density at radius 3 is 2.53 bits per heavy atom. The molecule has 1 saturated carbocycles. The Hall–Kier alpha value is -0.0400. The molecule has 1 spiro atoms. The standard InChI is InChI=1S/C14H27N/c1-5-6-13-9-14(8-7-12(14)4)10-15(13)11(2)3/h11-13H,5-10H2,1-4H3. The second kappa shape index (κ2) is 4.08. The average Bonchev–Trinajstić information content (AvgIpc) is 2.59. The normalized spacial score (nSPS) is 41.4. The lowest BCUT2D eigenvalue weighted by atomic mass is 9.60. The fraction of sp³-hybridized carbons (Fsp3) is 1.00. The van der Waals surface area contributed by atoms with Gasteiger partial charge in [-0.25, -0.2) is 0 Å². The molecule has 0 N–H and O–H groups in total. The zero-order valence-corrected chi connectivity index (χ0v) is 10.9. The molecule has 0 aromatic carbocycles. The Balaban J connectivity index is 2.05. The molecule has 0 aromatic heterocycles.